The molecule has 1 saturated heterocycles. The molecule has 26 heavy (non-hydrogen) atoms. The van der Waals surface area contributed by atoms with Gasteiger partial charge in [0.2, 0.25) is 11.7 Å². The minimum absolute atomic E-state index is 0. The van der Waals surface area contributed by atoms with Crippen LogP contribution in [0.25, 0.3) is 11.4 Å². The van der Waals surface area contributed by atoms with Crippen molar-refractivity contribution in [3.8, 4) is 11.4 Å². The summed E-state index contributed by atoms with van der Waals surface area (Å²) in [5.74, 6) is 1.27. The molecule has 2 heterocycles. The first kappa shape index (κ1) is 20.4. The summed E-state index contributed by atoms with van der Waals surface area (Å²) in [5, 5.41) is 7.36. The molecule has 0 unspecified atom stereocenters. The van der Waals surface area contributed by atoms with Gasteiger partial charge in [0.05, 0.1) is 0 Å². The molecule has 0 radical (unpaired) electrons. The monoisotopic (exact) mass is 378 g/mol. The third-order valence-electron chi connectivity index (χ3n) is 4.30. The second-order valence-corrected chi connectivity index (χ2v) is 7.88. The molecule has 1 aliphatic rings. The number of carbonyl (C=O) groups excluding carboxylic acids is 1. The van der Waals surface area contributed by atoms with Gasteiger partial charge < -0.3 is 14.7 Å². The summed E-state index contributed by atoms with van der Waals surface area (Å²) in [5.41, 5.74) is 1.64. The van der Waals surface area contributed by atoms with Crippen molar-refractivity contribution in [3.63, 3.8) is 0 Å². The van der Waals surface area contributed by atoms with Gasteiger partial charge in [-0.25, -0.2) is 0 Å². The smallest absolute Gasteiger partial charge is 0.254 e. The summed E-state index contributed by atoms with van der Waals surface area (Å²) in [6.45, 7) is 10.9. The Morgan fingerprint density at radius 3 is 2.62 bits per heavy atom. The molecule has 1 aromatic heterocycles. The van der Waals surface area contributed by atoms with Crippen LogP contribution in [-0.4, -0.2) is 46.6 Å². The molecule has 6 nitrogen and oxygen atoms in total. The van der Waals surface area contributed by atoms with Crippen LogP contribution < -0.4 is 5.32 Å². The van der Waals surface area contributed by atoms with E-state index in [0.29, 0.717) is 17.3 Å². The Hall–Kier alpha value is -1.92. The Kier molecular flexibility index (Phi) is 6.42. The lowest BCUT2D eigenvalue weighted by Crippen LogP contribution is -2.52. The molecular formula is C19H27ClN4O2. The molecule has 1 atom stereocenters. The average Bonchev–Trinajstić information content (AvgIpc) is 3.01. The molecule has 3 rings (SSSR count). The predicted octanol–water partition coefficient (Wildman–Crippen LogP) is 3.18. The largest absolute Gasteiger partial charge is 0.339 e. The zero-order valence-electron chi connectivity index (χ0n) is 15.8. The number of amides is 1. The van der Waals surface area contributed by atoms with E-state index in [0.717, 1.165) is 31.6 Å². The van der Waals surface area contributed by atoms with Gasteiger partial charge in [0.25, 0.3) is 5.91 Å². The van der Waals surface area contributed by atoms with Crippen LogP contribution in [0.3, 0.4) is 0 Å². The van der Waals surface area contributed by atoms with Gasteiger partial charge in [-0.1, -0.05) is 38.1 Å². The van der Waals surface area contributed by atoms with E-state index >= 15 is 0 Å². The number of hydrogen-bond acceptors (Lipinski definition) is 5. The number of benzene rings is 1. The van der Waals surface area contributed by atoms with Gasteiger partial charge >= 0.3 is 0 Å². The van der Waals surface area contributed by atoms with Crippen molar-refractivity contribution >= 4 is 18.3 Å². The first-order valence-electron chi connectivity index (χ1n) is 8.78. The Morgan fingerprint density at radius 1 is 1.31 bits per heavy atom. The number of aromatic nitrogens is 2. The second kappa shape index (κ2) is 8.18. The van der Waals surface area contributed by atoms with E-state index in [9.17, 15) is 4.79 Å². The summed E-state index contributed by atoms with van der Waals surface area (Å²) in [6, 6.07) is 7.65. The molecule has 0 saturated carbocycles. The molecule has 142 valence electrons. The van der Waals surface area contributed by atoms with Crippen molar-refractivity contribution in [1.82, 2.24) is 20.4 Å². The fourth-order valence-corrected chi connectivity index (χ4v) is 2.97. The van der Waals surface area contributed by atoms with Crippen molar-refractivity contribution in [2.45, 2.75) is 40.2 Å². The topological polar surface area (TPSA) is 71.3 Å². The molecule has 1 aliphatic heterocycles. The van der Waals surface area contributed by atoms with E-state index in [-0.39, 0.29) is 29.8 Å². The molecule has 0 bridgehead atoms. The van der Waals surface area contributed by atoms with Crippen LogP contribution in [-0.2, 0) is 6.42 Å². The fraction of sp³-hybridized carbons (Fsp3) is 0.526. The number of hydrogen-bond donors (Lipinski definition) is 1. The van der Waals surface area contributed by atoms with Crippen LogP contribution in [0, 0.1) is 5.41 Å². The van der Waals surface area contributed by atoms with Crippen LogP contribution in [0.5, 0.6) is 0 Å². The van der Waals surface area contributed by atoms with E-state index < -0.39 is 0 Å². The quantitative estimate of drug-likeness (QED) is 0.888. The lowest BCUT2D eigenvalue weighted by Gasteiger charge is -2.34. The summed E-state index contributed by atoms with van der Waals surface area (Å²) < 4.78 is 5.34. The van der Waals surface area contributed by atoms with Crippen molar-refractivity contribution in [1.29, 1.82) is 0 Å². The van der Waals surface area contributed by atoms with Gasteiger partial charge in [-0.05, 0) is 24.5 Å². The van der Waals surface area contributed by atoms with E-state index in [1.807, 2.05) is 29.2 Å². The molecule has 1 fully saturated rings. The van der Waals surface area contributed by atoms with Crippen LogP contribution in [0.1, 0.15) is 43.9 Å². The van der Waals surface area contributed by atoms with Crippen molar-refractivity contribution in [2.75, 3.05) is 19.6 Å². The third kappa shape index (κ3) is 4.83. The van der Waals surface area contributed by atoms with Gasteiger partial charge in [0, 0.05) is 43.2 Å². The summed E-state index contributed by atoms with van der Waals surface area (Å²) in [4.78, 5) is 19.0. The SMILES string of the molecule is C[C@@H]1CNCCN1C(=O)c1ccc(-c2noc(CC(C)(C)C)n2)cc1.Cl. The highest BCUT2D eigenvalue weighted by atomic mass is 35.5. The van der Waals surface area contributed by atoms with E-state index in [1.54, 1.807) is 0 Å². The number of nitrogens with one attached hydrogen (secondary N) is 1. The lowest BCUT2D eigenvalue weighted by atomic mass is 9.92. The molecule has 0 spiro atoms. The second-order valence-electron chi connectivity index (χ2n) is 7.88. The van der Waals surface area contributed by atoms with Crippen molar-refractivity contribution < 1.29 is 9.32 Å². The Labute approximate surface area is 160 Å². The Balaban J connectivity index is 0.00000243. The van der Waals surface area contributed by atoms with Crippen LogP contribution >= 0.6 is 12.4 Å². The predicted molar refractivity (Wildman–Crippen MR) is 104 cm³/mol. The molecule has 0 aliphatic carbocycles. The maximum atomic E-state index is 12.7. The lowest BCUT2D eigenvalue weighted by molar-refractivity contribution is 0.0656. The van der Waals surface area contributed by atoms with E-state index in [1.165, 1.54) is 0 Å². The Morgan fingerprint density at radius 2 is 2.00 bits per heavy atom. The van der Waals surface area contributed by atoms with E-state index in [4.69, 9.17) is 4.52 Å². The zero-order valence-corrected chi connectivity index (χ0v) is 16.6. The summed E-state index contributed by atoms with van der Waals surface area (Å²) in [6.07, 6.45) is 0.734. The Bertz CT molecular complexity index is 737. The molecule has 2 aromatic rings. The minimum atomic E-state index is 0. The molecular weight excluding hydrogens is 352 g/mol. The maximum absolute atomic E-state index is 12.7. The van der Waals surface area contributed by atoms with Crippen LogP contribution in [0.15, 0.2) is 28.8 Å². The standard InChI is InChI=1S/C19H26N4O2.ClH/c1-13-12-20-9-10-23(13)18(24)15-7-5-14(6-8-15)17-21-16(25-22-17)11-19(2,3)4;/h5-8,13,20H,9-12H2,1-4H3;1H/t13-;/m1./s1. The minimum Gasteiger partial charge on any atom is -0.339 e. The highest BCUT2D eigenvalue weighted by Crippen LogP contribution is 2.22. The third-order valence-corrected chi connectivity index (χ3v) is 4.30. The molecule has 1 aromatic carbocycles. The van der Waals surface area contributed by atoms with Crippen molar-refractivity contribution in [3.05, 3.63) is 35.7 Å². The van der Waals surface area contributed by atoms with Gasteiger partial charge in [0.1, 0.15) is 0 Å². The molecule has 1 amide bonds. The van der Waals surface area contributed by atoms with Crippen molar-refractivity contribution in [2.24, 2.45) is 5.41 Å². The van der Waals surface area contributed by atoms with Crippen LogP contribution in [0.4, 0.5) is 0 Å². The maximum Gasteiger partial charge on any atom is 0.254 e. The highest BCUT2D eigenvalue weighted by molar-refractivity contribution is 5.95. The number of carbonyl (C=O) groups is 1. The van der Waals surface area contributed by atoms with Gasteiger partial charge in [-0.15, -0.1) is 12.4 Å². The first-order chi connectivity index (χ1) is 11.8. The average molecular weight is 379 g/mol. The van der Waals surface area contributed by atoms with Crippen LogP contribution in [0.2, 0.25) is 0 Å². The molecule has 7 heteroatoms. The number of nitrogens with zero attached hydrogens (tertiary/aromatic N) is 3. The summed E-state index contributed by atoms with van der Waals surface area (Å²) in [7, 11) is 0. The zero-order chi connectivity index (χ0) is 18.0. The first-order valence-corrected chi connectivity index (χ1v) is 8.78. The summed E-state index contributed by atoms with van der Waals surface area (Å²) >= 11 is 0. The van der Waals surface area contributed by atoms with Gasteiger partial charge in [0.15, 0.2) is 0 Å². The van der Waals surface area contributed by atoms with Gasteiger partial charge in [-0.2, -0.15) is 4.98 Å². The normalized spacial score (nSPS) is 17.7. The molecule has 1 N–H and O–H groups in total. The fourth-order valence-electron chi connectivity index (χ4n) is 2.97. The number of piperazine rings is 1. The van der Waals surface area contributed by atoms with E-state index in [2.05, 4.69) is 43.2 Å². The van der Waals surface area contributed by atoms with Gasteiger partial charge in [-0.3, -0.25) is 4.79 Å². The highest BCUT2D eigenvalue weighted by Gasteiger charge is 2.24. The number of halogens is 1. The number of rotatable bonds is 3.